The molecule has 0 saturated heterocycles. The van der Waals surface area contributed by atoms with Crippen LogP contribution in [0, 0.1) is 13.8 Å². The summed E-state index contributed by atoms with van der Waals surface area (Å²) in [6, 6.07) is 11.7. The lowest BCUT2D eigenvalue weighted by Crippen LogP contribution is -2.43. The van der Waals surface area contributed by atoms with Gasteiger partial charge in [-0.05, 0) is 105 Å². The molecule has 0 aromatic heterocycles. The highest BCUT2D eigenvalue weighted by Gasteiger charge is 2.49. The van der Waals surface area contributed by atoms with Crippen LogP contribution in [0.1, 0.15) is 49.9 Å². The number of aryl methyl sites for hydroxylation is 2. The topological polar surface area (TPSA) is 144 Å². The highest BCUT2D eigenvalue weighted by molar-refractivity contribution is 7.60. The zero-order valence-corrected chi connectivity index (χ0v) is 38.0. The van der Waals surface area contributed by atoms with Gasteiger partial charge in [0.25, 0.3) is 14.8 Å². The number of benzene rings is 2. The molecule has 2 unspecified atom stereocenters. The quantitative estimate of drug-likeness (QED) is 0.0257. The molecule has 2 aromatic rings. The first-order valence-electron chi connectivity index (χ1n) is 18.6. The second kappa shape index (κ2) is 28.4. The predicted octanol–water partition coefficient (Wildman–Crippen LogP) is 7.53. The summed E-state index contributed by atoms with van der Waals surface area (Å²) in [5.41, 5.74) is 11.0. The third kappa shape index (κ3) is 18.2. The van der Waals surface area contributed by atoms with E-state index in [0.717, 1.165) is 46.7 Å². The molecule has 55 heavy (non-hydrogen) atoms. The Morgan fingerprint density at radius 3 is 1.71 bits per heavy atom. The smallest absolute Gasteiger partial charge is 0.369 e. The maximum absolute atomic E-state index is 14.2. The highest BCUT2D eigenvalue weighted by Crippen LogP contribution is 2.60. The summed E-state index contributed by atoms with van der Waals surface area (Å²) in [5.74, 6) is 2.04. The van der Waals surface area contributed by atoms with Gasteiger partial charge in [-0.3, -0.25) is 4.57 Å². The Bertz CT molecular complexity index is 1450. The van der Waals surface area contributed by atoms with Crippen LogP contribution in [0.2, 0.25) is 0 Å². The van der Waals surface area contributed by atoms with E-state index in [1.54, 1.807) is 13.8 Å². The molecule has 0 aliphatic heterocycles. The minimum absolute atomic E-state index is 0.117. The van der Waals surface area contributed by atoms with Crippen molar-refractivity contribution in [2.75, 3.05) is 91.6 Å². The number of carbonyl (C=O) groups is 1. The maximum atomic E-state index is 14.2. The predicted molar refractivity (Wildman–Crippen MR) is 235 cm³/mol. The van der Waals surface area contributed by atoms with Gasteiger partial charge in [0.15, 0.2) is 6.16 Å². The average molecular weight is 888 g/mol. The zero-order chi connectivity index (χ0) is 41.4. The van der Waals surface area contributed by atoms with Crippen molar-refractivity contribution in [3.05, 3.63) is 58.7 Å². The monoisotopic (exact) mass is 886 g/mol. The van der Waals surface area contributed by atoms with Crippen LogP contribution < -0.4 is 20.8 Å². The SMILES string of the molecule is CCOC(C)(OCC)P(=O)(C[C@@H](Cc1cc(N(CCCl)CCCl)ccc1C)N[B]C=O)OCC.Cc1ccc(N(CCCl)CCCl)cc1C[C@@H](N)C[P+](=O)O. The lowest BCUT2D eigenvalue weighted by molar-refractivity contribution is -0.168. The normalized spacial score (nSPS) is 13.9. The fraction of sp³-hybridized carbons (Fsp3) is 0.649. The summed E-state index contributed by atoms with van der Waals surface area (Å²) in [4.78, 5) is 24.3. The Balaban J connectivity index is 0.000000615. The fourth-order valence-corrected chi connectivity index (χ4v) is 9.97. The van der Waals surface area contributed by atoms with Crippen molar-refractivity contribution in [3.8, 4) is 0 Å². The summed E-state index contributed by atoms with van der Waals surface area (Å²) < 4.78 is 42.5. The van der Waals surface area contributed by atoms with E-state index in [0.29, 0.717) is 68.9 Å². The van der Waals surface area contributed by atoms with E-state index in [4.69, 9.17) is 71.0 Å². The van der Waals surface area contributed by atoms with Crippen LogP contribution in [0.4, 0.5) is 11.4 Å². The molecular weight excluding hydrogens is 827 g/mol. The first kappa shape index (κ1) is 52.0. The van der Waals surface area contributed by atoms with Gasteiger partial charge in [0, 0.05) is 86.5 Å². The van der Waals surface area contributed by atoms with Gasteiger partial charge < -0.3 is 39.6 Å². The molecule has 4 N–H and O–H groups in total. The molecule has 2 rings (SSSR count). The molecule has 311 valence electrons. The number of carbonyl (C=O) groups excluding carboxylic acids is 1. The standard InChI is InChI=1S/C23H39BCl2N2O5P.C14H21Cl2N2O2P/c1-6-31-23(5,32-7-2)34(30,33-8-3)17-21(27-24-18-29)15-20-16-22(10-9-19(20)4)28(13-11-25)14-12-26;1-11-2-3-14(18(6-4-15)7-5-16)9-12(11)8-13(17)10-21(19)20/h9-10,16,18,21,27H,6-8,11-15,17H2,1-5H3;2-3,9,13H,4-8,10,17H2,1H3/p+1/t21-,34?;13-/m11/s1. The van der Waals surface area contributed by atoms with Gasteiger partial charge in [-0.15, -0.1) is 46.4 Å². The number of anilines is 2. The molecule has 2 aromatic carbocycles. The van der Waals surface area contributed by atoms with Gasteiger partial charge in [0.05, 0.1) is 18.8 Å². The third-order valence-electron chi connectivity index (χ3n) is 8.79. The molecule has 0 amide bonds. The number of nitrogens with one attached hydrogen (secondary N) is 1. The molecule has 18 heteroatoms. The Kier molecular flexibility index (Phi) is 26.9. The van der Waals surface area contributed by atoms with Crippen molar-refractivity contribution in [3.63, 3.8) is 0 Å². The molecule has 0 aliphatic carbocycles. The molecular formula is C37H61BCl4N4O7P2+. The van der Waals surface area contributed by atoms with E-state index in [1.165, 1.54) is 7.41 Å². The Labute approximate surface area is 351 Å². The van der Waals surface area contributed by atoms with E-state index >= 15 is 0 Å². The van der Waals surface area contributed by atoms with Crippen LogP contribution in [-0.4, -0.2) is 118 Å². The molecule has 4 atom stereocenters. The number of alkyl halides is 4. The van der Waals surface area contributed by atoms with Gasteiger partial charge in [0.1, 0.15) is 0 Å². The number of hydrogen-bond acceptors (Lipinski definition) is 10. The number of nitrogens with two attached hydrogens (primary N) is 1. The van der Waals surface area contributed by atoms with E-state index in [9.17, 15) is 13.9 Å². The van der Waals surface area contributed by atoms with Gasteiger partial charge in [-0.2, -0.15) is 4.89 Å². The van der Waals surface area contributed by atoms with Gasteiger partial charge in [0.2, 0.25) is 5.53 Å². The second-order valence-corrected chi connectivity index (χ2v) is 18.2. The Morgan fingerprint density at radius 2 is 1.33 bits per heavy atom. The first-order valence-corrected chi connectivity index (χ1v) is 23.9. The first-order chi connectivity index (χ1) is 26.2. The number of ether oxygens (including phenoxy) is 2. The minimum atomic E-state index is -3.46. The van der Waals surface area contributed by atoms with Crippen LogP contribution >= 0.6 is 61.8 Å². The van der Waals surface area contributed by atoms with Crippen molar-refractivity contribution in [2.45, 2.75) is 72.0 Å². The van der Waals surface area contributed by atoms with Gasteiger partial charge in [-0.1, -0.05) is 12.1 Å². The van der Waals surface area contributed by atoms with Crippen molar-refractivity contribution < 1.29 is 32.8 Å². The summed E-state index contributed by atoms with van der Waals surface area (Å²) in [6.45, 7) is 14.9. The number of halogens is 4. The lowest BCUT2D eigenvalue weighted by Gasteiger charge is -2.38. The summed E-state index contributed by atoms with van der Waals surface area (Å²) in [5, 5.41) is 3.10. The van der Waals surface area contributed by atoms with Crippen LogP contribution in [0.15, 0.2) is 36.4 Å². The van der Waals surface area contributed by atoms with E-state index < -0.39 is 20.9 Å². The Morgan fingerprint density at radius 1 is 0.873 bits per heavy atom. The van der Waals surface area contributed by atoms with Crippen LogP contribution in [-0.2, 0) is 40.8 Å². The van der Waals surface area contributed by atoms with Crippen molar-refractivity contribution in [1.82, 2.24) is 5.23 Å². The number of nitrogens with zero attached hydrogens (tertiary/aromatic N) is 2. The molecule has 0 spiro atoms. The van der Waals surface area contributed by atoms with Crippen molar-refractivity contribution in [1.29, 1.82) is 0 Å². The maximum Gasteiger partial charge on any atom is 0.507 e. The van der Waals surface area contributed by atoms with Gasteiger partial charge >= 0.3 is 8.03 Å². The summed E-state index contributed by atoms with van der Waals surface area (Å²) in [6.07, 6.45) is 2.02. The van der Waals surface area contributed by atoms with Crippen molar-refractivity contribution in [2.24, 2.45) is 5.73 Å². The molecule has 0 bridgehead atoms. The lowest BCUT2D eigenvalue weighted by atomic mass is 9.93. The molecule has 0 fully saturated rings. The fourth-order valence-electron chi connectivity index (χ4n) is 6.07. The molecule has 11 nitrogen and oxygen atoms in total. The molecule has 0 aliphatic rings. The molecule has 0 heterocycles. The zero-order valence-electron chi connectivity index (χ0n) is 33.2. The highest BCUT2D eigenvalue weighted by atomic mass is 35.5. The number of hydrogen-bond donors (Lipinski definition) is 3. The van der Waals surface area contributed by atoms with Crippen LogP contribution in [0.25, 0.3) is 0 Å². The number of rotatable bonds is 28. The van der Waals surface area contributed by atoms with Crippen molar-refractivity contribution >= 4 is 86.8 Å². The van der Waals surface area contributed by atoms with E-state index in [1.807, 2.05) is 52.0 Å². The third-order valence-corrected chi connectivity index (χ3v) is 13.3. The average Bonchev–Trinajstić information content (AvgIpc) is 3.12. The van der Waals surface area contributed by atoms with Crippen LogP contribution in [0.5, 0.6) is 0 Å². The largest absolute Gasteiger partial charge is 0.507 e. The minimum Gasteiger partial charge on any atom is -0.369 e. The second-order valence-electron chi connectivity index (χ2n) is 12.9. The van der Waals surface area contributed by atoms with Crippen LogP contribution in [0.3, 0.4) is 0 Å². The molecule has 1 radical (unpaired) electrons. The van der Waals surface area contributed by atoms with Gasteiger partial charge in [-0.25, -0.2) is 0 Å². The Hall–Kier alpha value is -0.975. The summed E-state index contributed by atoms with van der Waals surface area (Å²) >= 11 is 23.6. The molecule has 0 saturated carbocycles. The van der Waals surface area contributed by atoms with E-state index in [-0.39, 0.29) is 31.0 Å². The summed E-state index contributed by atoms with van der Waals surface area (Å²) in [7, 11) is -4.34. The van der Waals surface area contributed by atoms with E-state index in [2.05, 4.69) is 27.2 Å².